The van der Waals surface area contributed by atoms with E-state index in [1.807, 2.05) is 21.7 Å². The standard InChI is InChI=1S/C11H11N3O2S/c15-11(9-2-4-17-6-9)14-3-1-8(5-14)10-12-7-16-13-10/h2,4,6-8H,1,3,5H2/t8-/m1/s1. The molecule has 3 rings (SSSR count). The maximum absolute atomic E-state index is 12.1. The Balaban J connectivity index is 1.70. The van der Waals surface area contributed by atoms with Gasteiger partial charge in [-0.1, -0.05) is 5.16 Å². The molecule has 88 valence electrons. The minimum Gasteiger partial charge on any atom is -0.343 e. The van der Waals surface area contributed by atoms with E-state index in [-0.39, 0.29) is 11.8 Å². The van der Waals surface area contributed by atoms with Crippen LogP contribution in [-0.4, -0.2) is 34.0 Å². The van der Waals surface area contributed by atoms with Crippen molar-refractivity contribution in [3.8, 4) is 0 Å². The second kappa shape index (κ2) is 4.29. The van der Waals surface area contributed by atoms with E-state index >= 15 is 0 Å². The number of hydrogen-bond acceptors (Lipinski definition) is 5. The predicted octanol–water partition coefficient (Wildman–Crippen LogP) is 1.76. The van der Waals surface area contributed by atoms with Crippen molar-refractivity contribution in [1.29, 1.82) is 0 Å². The summed E-state index contributed by atoms with van der Waals surface area (Å²) in [4.78, 5) is 18.0. The number of amides is 1. The van der Waals surface area contributed by atoms with Gasteiger partial charge in [0.05, 0.1) is 5.56 Å². The molecule has 5 nitrogen and oxygen atoms in total. The zero-order chi connectivity index (χ0) is 11.7. The van der Waals surface area contributed by atoms with Gasteiger partial charge in [0.2, 0.25) is 6.39 Å². The fourth-order valence-corrected chi connectivity index (χ4v) is 2.71. The number of nitrogens with zero attached hydrogens (tertiary/aromatic N) is 3. The molecule has 1 saturated heterocycles. The second-order valence-corrected chi connectivity index (χ2v) is 4.82. The fourth-order valence-electron chi connectivity index (χ4n) is 2.08. The molecule has 1 aliphatic rings. The molecule has 0 N–H and O–H groups in total. The van der Waals surface area contributed by atoms with E-state index in [4.69, 9.17) is 4.52 Å². The minimum absolute atomic E-state index is 0.0947. The van der Waals surface area contributed by atoms with Crippen molar-refractivity contribution in [3.63, 3.8) is 0 Å². The van der Waals surface area contributed by atoms with Crippen LogP contribution in [0.25, 0.3) is 0 Å². The quantitative estimate of drug-likeness (QED) is 0.813. The van der Waals surface area contributed by atoms with Gasteiger partial charge >= 0.3 is 0 Å². The lowest BCUT2D eigenvalue weighted by atomic mass is 10.1. The number of carbonyl (C=O) groups is 1. The predicted molar refractivity (Wildman–Crippen MR) is 61.9 cm³/mol. The highest BCUT2D eigenvalue weighted by Gasteiger charge is 2.30. The third-order valence-corrected chi connectivity index (χ3v) is 3.67. The number of carbonyl (C=O) groups excluding carboxylic acids is 1. The second-order valence-electron chi connectivity index (χ2n) is 4.04. The average molecular weight is 249 g/mol. The fraction of sp³-hybridized carbons (Fsp3) is 0.364. The lowest BCUT2D eigenvalue weighted by Crippen LogP contribution is -2.28. The zero-order valence-corrected chi connectivity index (χ0v) is 9.89. The summed E-state index contributed by atoms with van der Waals surface area (Å²) in [5, 5.41) is 7.63. The molecule has 1 amide bonds. The van der Waals surface area contributed by atoms with Crippen LogP contribution in [0.1, 0.15) is 28.5 Å². The number of rotatable bonds is 2. The van der Waals surface area contributed by atoms with Gasteiger partial charge in [-0.05, 0) is 17.9 Å². The van der Waals surface area contributed by atoms with Crippen molar-refractivity contribution in [2.75, 3.05) is 13.1 Å². The maximum atomic E-state index is 12.1. The van der Waals surface area contributed by atoms with E-state index in [0.717, 1.165) is 18.5 Å². The Bertz CT molecular complexity index is 495. The Morgan fingerprint density at radius 3 is 3.24 bits per heavy atom. The van der Waals surface area contributed by atoms with E-state index in [2.05, 4.69) is 10.1 Å². The Hall–Kier alpha value is -1.69. The first kappa shape index (κ1) is 10.5. The van der Waals surface area contributed by atoms with Crippen LogP contribution in [0, 0.1) is 0 Å². The molecule has 1 atom stereocenters. The van der Waals surface area contributed by atoms with Gasteiger partial charge in [-0.3, -0.25) is 4.79 Å². The summed E-state index contributed by atoms with van der Waals surface area (Å²) in [7, 11) is 0. The largest absolute Gasteiger partial charge is 0.343 e. The lowest BCUT2D eigenvalue weighted by molar-refractivity contribution is 0.0791. The lowest BCUT2D eigenvalue weighted by Gasteiger charge is -2.14. The van der Waals surface area contributed by atoms with Gasteiger partial charge in [0, 0.05) is 24.4 Å². The molecule has 1 aliphatic heterocycles. The highest BCUT2D eigenvalue weighted by molar-refractivity contribution is 7.08. The molecule has 0 aliphatic carbocycles. The van der Waals surface area contributed by atoms with Crippen LogP contribution < -0.4 is 0 Å². The number of hydrogen-bond donors (Lipinski definition) is 0. The van der Waals surface area contributed by atoms with E-state index in [1.54, 1.807) is 0 Å². The first-order chi connectivity index (χ1) is 8.34. The van der Waals surface area contributed by atoms with E-state index < -0.39 is 0 Å². The highest BCUT2D eigenvalue weighted by atomic mass is 32.1. The van der Waals surface area contributed by atoms with Gasteiger partial charge in [-0.15, -0.1) is 0 Å². The summed E-state index contributed by atoms with van der Waals surface area (Å²) in [6.07, 6.45) is 2.23. The van der Waals surface area contributed by atoms with Crippen molar-refractivity contribution in [1.82, 2.24) is 15.0 Å². The monoisotopic (exact) mass is 249 g/mol. The van der Waals surface area contributed by atoms with Crippen molar-refractivity contribution in [3.05, 3.63) is 34.6 Å². The molecule has 6 heteroatoms. The van der Waals surface area contributed by atoms with Crippen LogP contribution >= 0.6 is 11.3 Å². The summed E-state index contributed by atoms with van der Waals surface area (Å²) in [5.41, 5.74) is 0.767. The SMILES string of the molecule is O=C(c1ccsc1)N1CC[C@@H](c2ncon2)C1. The smallest absolute Gasteiger partial charge is 0.254 e. The summed E-state index contributed by atoms with van der Waals surface area (Å²) in [5.74, 6) is 0.999. The van der Waals surface area contributed by atoms with Crippen LogP contribution in [0.4, 0.5) is 0 Å². The molecule has 0 bridgehead atoms. The zero-order valence-electron chi connectivity index (χ0n) is 9.07. The van der Waals surface area contributed by atoms with E-state index in [9.17, 15) is 4.79 Å². The molecular formula is C11H11N3O2S. The van der Waals surface area contributed by atoms with Crippen LogP contribution in [0.15, 0.2) is 27.7 Å². The maximum Gasteiger partial charge on any atom is 0.254 e. The third kappa shape index (κ3) is 1.95. The van der Waals surface area contributed by atoms with Crippen molar-refractivity contribution in [2.24, 2.45) is 0 Å². The molecule has 17 heavy (non-hydrogen) atoms. The molecule has 0 saturated carbocycles. The normalized spacial score (nSPS) is 19.8. The Labute approximate surface area is 102 Å². The Morgan fingerprint density at radius 2 is 2.53 bits per heavy atom. The van der Waals surface area contributed by atoms with Crippen molar-refractivity contribution in [2.45, 2.75) is 12.3 Å². The topological polar surface area (TPSA) is 59.2 Å². The number of thiophene rings is 1. The summed E-state index contributed by atoms with van der Waals surface area (Å²) in [6.45, 7) is 1.43. The molecule has 3 heterocycles. The van der Waals surface area contributed by atoms with Crippen LogP contribution in [0.3, 0.4) is 0 Å². The van der Waals surface area contributed by atoms with E-state index in [1.165, 1.54) is 17.7 Å². The molecule has 0 spiro atoms. The summed E-state index contributed by atoms with van der Waals surface area (Å²) >= 11 is 1.54. The van der Waals surface area contributed by atoms with Gasteiger partial charge in [-0.2, -0.15) is 16.3 Å². The van der Waals surface area contributed by atoms with E-state index in [0.29, 0.717) is 12.4 Å². The summed E-state index contributed by atoms with van der Waals surface area (Å²) in [6, 6.07) is 1.86. The van der Waals surface area contributed by atoms with Gasteiger partial charge in [0.1, 0.15) is 0 Å². The van der Waals surface area contributed by atoms with Crippen LogP contribution in [0.2, 0.25) is 0 Å². The van der Waals surface area contributed by atoms with Gasteiger partial charge in [0.25, 0.3) is 5.91 Å². The van der Waals surface area contributed by atoms with Crippen LogP contribution in [0.5, 0.6) is 0 Å². The van der Waals surface area contributed by atoms with Gasteiger partial charge < -0.3 is 9.42 Å². The Morgan fingerprint density at radius 1 is 1.59 bits per heavy atom. The van der Waals surface area contributed by atoms with Gasteiger partial charge in [-0.25, -0.2) is 0 Å². The van der Waals surface area contributed by atoms with Crippen LogP contribution in [-0.2, 0) is 0 Å². The molecule has 1 fully saturated rings. The van der Waals surface area contributed by atoms with Crippen molar-refractivity contribution >= 4 is 17.2 Å². The first-order valence-electron chi connectivity index (χ1n) is 5.42. The van der Waals surface area contributed by atoms with Gasteiger partial charge in [0.15, 0.2) is 5.82 Å². The average Bonchev–Trinajstić information content (AvgIpc) is 3.09. The summed E-state index contributed by atoms with van der Waals surface area (Å²) < 4.78 is 4.73. The minimum atomic E-state index is 0.0947. The first-order valence-corrected chi connectivity index (χ1v) is 6.36. The Kier molecular flexibility index (Phi) is 2.64. The molecule has 2 aromatic heterocycles. The molecular weight excluding hydrogens is 238 g/mol. The molecule has 0 unspecified atom stereocenters. The molecule has 0 radical (unpaired) electrons. The third-order valence-electron chi connectivity index (χ3n) is 2.99. The molecule has 0 aromatic carbocycles. The number of likely N-dealkylation sites (tertiary alicyclic amines) is 1. The highest BCUT2D eigenvalue weighted by Crippen LogP contribution is 2.25. The van der Waals surface area contributed by atoms with Crippen molar-refractivity contribution < 1.29 is 9.32 Å². The molecule has 2 aromatic rings. The number of aromatic nitrogens is 2.